The van der Waals surface area contributed by atoms with Crippen LogP contribution in [-0.2, 0) is 6.54 Å². The topological polar surface area (TPSA) is 49.3 Å². The lowest BCUT2D eigenvalue weighted by atomic mass is 10.2. The number of carbonyl (C=O) groups is 1. The van der Waals surface area contributed by atoms with Crippen LogP contribution >= 0.6 is 15.9 Å². The van der Waals surface area contributed by atoms with E-state index >= 15 is 0 Å². The monoisotopic (exact) mass is 323 g/mol. The van der Waals surface area contributed by atoms with Crippen molar-refractivity contribution >= 4 is 21.8 Å². The Morgan fingerprint density at radius 3 is 2.58 bits per heavy atom. The number of halogens is 2. The Bertz CT molecular complexity index is 599. The van der Waals surface area contributed by atoms with Gasteiger partial charge in [0.1, 0.15) is 11.6 Å². The molecular weight excluding hydrogens is 313 g/mol. The molecule has 0 aliphatic carbocycles. The van der Waals surface area contributed by atoms with E-state index in [-0.39, 0.29) is 22.3 Å². The van der Waals surface area contributed by atoms with Crippen molar-refractivity contribution in [2.45, 2.75) is 6.54 Å². The molecule has 0 aliphatic heterocycles. The van der Waals surface area contributed by atoms with Gasteiger partial charge in [0.2, 0.25) is 0 Å². The van der Waals surface area contributed by atoms with Crippen molar-refractivity contribution in [2.75, 3.05) is 0 Å². The van der Waals surface area contributed by atoms with Crippen LogP contribution in [-0.4, -0.2) is 11.0 Å². The van der Waals surface area contributed by atoms with Gasteiger partial charge in [0.15, 0.2) is 0 Å². The van der Waals surface area contributed by atoms with Gasteiger partial charge < -0.3 is 10.4 Å². The van der Waals surface area contributed by atoms with E-state index in [1.54, 1.807) is 18.2 Å². The summed E-state index contributed by atoms with van der Waals surface area (Å²) in [7, 11) is 0. The summed E-state index contributed by atoms with van der Waals surface area (Å²) in [6, 6.07) is 11.0. The first-order valence-electron chi connectivity index (χ1n) is 5.58. The van der Waals surface area contributed by atoms with E-state index in [1.807, 2.05) is 0 Å². The van der Waals surface area contributed by atoms with Crippen molar-refractivity contribution in [3.63, 3.8) is 0 Å². The van der Waals surface area contributed by atoms with Crippen LogP contribution in [0.3, 0.4) is 0 Å². The normalized spacial score (nSPS) is 10.2. The third-order valence-electron chi connectivity index (χ3n) is 2.59. The Balaban J connectivity index is 2.05. The molecule has 2 N–H and O–H groups in total. The maximum Gasteiger partial charge on any atom is 0.254 e. The first-order valence-corrected chi connectivity index (χ1v) is 6.37. The Hall–Kier alpha value is -1.88. The molecule has 0 spiro atoms. The second-order valence-electron chi connectivity index (χ2n) is 3.95. The number of rotatable bonds is 3. The molecule has 2 aromatic rings. The van der Waals surface area contributed by atoms with Crippen LogP contribution in [0, 0.1) is 5.82 Å². The van der Waals surface area contributed by atoms with Crippen molar-refractivity contribution in [2.24, 2.45) is 0 Å². The minimum absolute atomic E-state index is 0.00634. The van der Waals surface area contributed by atoms with Crippen LogP contribution in [0.4, 0.5) is 4.39 Å². The zero-order chi connectivity index (χ0) is 13.8. The number of aromatic hydroxyl groups is 1. The number of benzene rings is 2. The maximum atomic E-state index is 13.7. The highest BCUT2D eigenvalue weighted by Crippen LogP contribution is 2.18. The molecule has 0 atom stereocenters. The summed E-state index contributed by atoms with van der Waals surface area (Å²) in [4.78, 5) is 11.8. The Morgan fingerprint density at radius 2 is 1.89 bits per heavy atom. The number of carbonyl (C=O) groups excluding carboxylic acids is 1. The summed E-state index contributed by atoms with van der Waals surface area (Å²) in [6.07, 6.45) is 0. The number of hydrogen-bond donors (Lipinski definition) is 2. The lowest BCUT2D eigenvalue weighted by Gasteiger charge is -2.07. The average molecular weight is 324 g/mol. The molecule has 0 saturated carbocycles. The van der Waals surface area contributed by atoms with Crippen molar-refractivity contribution < 1.29 is 14.3 Å². The number of amides is 1. The molecule has 0 aromatic heterocycles. The van der Waals surface area contributed by atoms with Gasteiger partial charge in [0.05, 0.1) is 10.0 Å². The van der Waals surface area contributed by atoms with Crippen LogP contribution in [0.2, 0.25) is 0 Å². The van der Waals surface area contributed by atoms with Crippen LogP contribution < -0.4 is 5.32 Å². The molecule has 98 valence electrons. The van der Waals surface area contributed by atoms with Gasteiger partial charge in [-0.05, 0) is 45.8 Å². The fourth-order valence-corrected chi connectivity index (χ4v) is 1.94. The molecule has 2 aromatic carbocycles. The van der Waals surface area contributed by atoms with Crippen LogP contribution in [0.15, 0.2) is 46.9 Å². The van der Waals surface area contributed by atoms with Crippen molar-refractivity contribution in [1.29, 1.82) is 0 Å². The van der Waals surface area contributed by atoms with Gasteiger partial charge in [-0.3, -0.25) is 4.79 Å². The Kier molecular flexibility index (Phi) is 4.16. The molecule has 0 heterocycles. The van der Waals surface area contributed by atoms with E-state index in [0.717, 1.165) is 5.56 Å². The molecule has 0 radical (unpaired) electrons. The molecule has 0 fully saturated rings. The lowest BCUT2D eigenvalue weighted by Crippen LogP contribution is -2.23. The summed E-state index contributed by atoms with van der Waals surface area (Å²) in [5.41, 5.74) is 0.815. The highest BCUT2D eigenvalue weighted by Gasteiger charge is 2.13. The minimum Gasteiger partial charge on any atom is -0.508 e. The Morgan fingerprint density at radius 1 is 1.21 bits per heavy atom. The molecule has 0 aliphatic rings. The van der Waals surface area contributed by atoms with E-state index in [9.17, 15) is 9.18 Å². The first kappa shape index (κ1) is 13.5. The fourth-order valence-electron chi connectivity index (χ4n) is 1.57. The summed E-state index contributed by atoms with van der Waals surface area (Å²) < 4.78 is 13.9. The summed E-state index contributed by atoms with van der Waals surface area (Å²) in [5.74, 6) is -0.898. The van der Waals surface area contributed by atoms with Crippen LogP contribution in [0.5, 0.6) is 5.75 Å². The highest BCUT2D eigenvalue weighted by molar-refractivity contribution is 9.10. The van der Waals surface area contributed by atoms with Gasteiger partial charge in [0, 0.05) is 6.54 Å². The predicted molar refractivity (Wildman–Crippen MR) is 73.4 cm³/mol. The zero-order valence-electron chi connectivity index (χ0n) is 9.86. The smallest absolute Gasteiger partial charge is 0.254 e. The third-order valence-corrected chi connectivity index (χ3v) is 3.20. The second-order valence-corrected chi connectivity index (χ2v) is 4.80. The predicted octanol–water partition coefficient (Wildman–Crippen LogP) is 3.22. The molecule has 2 rings (SSSR count). The number of nitrogens with one attached hydrogen (secondary N) is 1. The molecule has 0 unspecified atom stereocenters. The van der Waals surface area contributed by atoms with Gasteiger partial charge in [-0.15, -0.1) is 0 Å². The van der Waals surface area contributed by atoms with Gasteiger partial charge in [-0.1, -0.05) is 18.2 Å². The minimum atomic E-state index is -0.578. The van der Waals surface area contributed by atoms with Crippen molar-refractivity contribution in [3.8, 4) is 5.75 Å². The first-order chi connectivity index (χ1) is 9.08. The van der Waals surface area contributed by atoms with Gasteiger partial charge in [-0.2, -0.15) is 0 Å². The second kappa shape index (κ2) is 5.84. The van der Waals surface area contributed by atoms with Gasteiger partial charge in [0.25, 0.3) is 5.91 Å². The zero-order valence-corrected chi connectivity index (χ0v) is 11.4. The average Bonchev–Trinajstić information content (AvgIpc) is 2.41. The van der Waals surface area contributed by atoms with Crippen molar-refractivity contribution in [1.82, 2.24) is 5.32 Å². The maximum absolute atomic E-state index is 13.7. The molecule has 5 heteroatoms. The summed E-state index contributed by atoms with van der Waals surface area (Å²) in [6.45, 7) is 0.269. The fraction of sp³-hybridized carbons (Fsp3) is 0.0714. The largest absolute Gasteiger partial charge is 0.508 e. The highest BCUT2D eigenvalue weighted by atomic mass is 79.9. The lowest BCUT2D eigenvalue weighted by molar-refractivity contribution is 0.0946. The third kappa shape index (κ3) is 3.32. The van der Waals surface area contributed by atoms with E-state index < -0.39 is 11.7 Å². The number of phenols is 1. The van der Waals surface area contributed by atoms with Crippen LogP contribution in [0.1, 0.15) is 15.9 Å². The van der Waals surface area contributed by atoms with Crippen molar-refractivity contribution in [3.05, 3.63) is 63.9 Å². The molecule has 1 amide bonds. The molecule has 3 nitrogen and oxygen atoms in total. The number of hydrogen-bond acceptors (Lipinski definition) is 2. The van der Waals surface area contributed by atoms with E-state index in [1.165, 1.54) is 24.3 Å². The molecule has 19 heavy (non-hydrogen) atoms. The molecular formula is C14H11BrFNO2. The Labute approximate surface area is 118 Å². The van der Waals surface area contributed by atoms with Gasteiger partial charge in [-0.25, -0.2) is 4.39 Å². The quantitative estimate of drug-likeness (QED) is 0.911. The van der Waals surface area contributed by atoms with E-state index in [0.29, 0.717) is 0 Å². The van der Waals surface area contributed by atoms with Crippen LogP contribution in [0.25, 0.3) is 0 Å². The SMILES string of the molecule is O=C(NCc1ccc(O)cc1)c1cccc(Br)c1F. The summed E-state index contributed by atoms with van der Waals surface area (Å²) in [5, 5.41) is 11.8. The van der Waals surface area contributed by atoms with E-state index in [4.69, 9.17) is 5.11 Å². The molecule has 0 saturated heterocycles. The standard InChI is InChI=1S/C14H11BrFNO2/c15-12-3-1-2-11(13(12)16)14(19)17-8-9-4-6-10(18)7-5-9/h1-7,18H,8H2,(H,17,19). The van der Waals surface area contributed by atoms with E-state index in [2.05, 4.69) is 21.2 Å². The number of phenolic OH excluding ortho intramolecular Hbond substituents is 1. The van der Waals surface area contributed by atoms with Gasteiger partial charge >= 0.3 is 0 Å². The summed E-state index contributed by atoms with van der Waals surface area (Å²) >= 11 is 3.04. The molecule has 0 bridgehead atoms.